The van der Waals surface area contributed by atoms with Gasteiger partial charge in [-0.3, -0.25) is 0 Å². The molecule has 0 amide bonds. The lowest BCUT2D eigenvalue weighted by atomic mass is 10.00. The molecule has 0 bridgehead atoms. The van der Waals surface area contributed by atoms with Crippen molar-refractivity contribution in [2.75, 3.05) is 6.54 Å². The summed E-state index contributed by atoms with van der Waals surface area (Å²) in [5.74, 6) is -3.61. The molecule has 5 heteroatoms. The summed E-state index contributed by atoms with van der Waals surface area (Å²) in [7, 11) is 0. The van der Waals surface area contributed by atoms with Crippen molar-refractivity contribution in [2.45, 2.75) is 45.1 Å². The molecule has 1 aliphatic carbocycles. The largest absolute Gasteiger partial charge is 0.358 e. The number of aromatic nitrogens is 1. The van der Waals surface area contributed by atoms with Crippen molar-refractivity contribution in [2.24, 2.45) is 0 Å². The van der Waals surface area contributed by atoms with Crippen LogP contribution in [0.5, 0.6) is 0 Å². The number of fused-ring (bicyclic) bond motifs is 3. The van der Waals surface area contributed by atoms with Gasteiger partial charge in [0.1, 0.15) is 0 Å². The number of H-pyrrole nitrogens is 1. The van der Waals surface area contributed by atoms with Crippen LogP contribution in [0, 0.1) is 17.5 Å². The number of benzene rings is 1. The van der Waals surface area contributed by atoms with Crippen LogP contribution < -0.4 is 5.32 Å². The van der Waals surface area contributed by atoms with Crippen LogP contribution in [0.2, 0.25) is 0 Å². The van der Waals surface area contributed by atoms with Crippen LogP contribution >= 0.6 is 0 Å². The van der Waals surface area contributed by atoms with Gasteiger partial charge in [0, 0.05) is 28.8 Å². The number of rotatable bonds is 3. The smallest absolute Gasteiger partial charge is 0.195 e. The molecular weight excluding hydrogens is 277 g/mol. The van der Waals surface area contributed by atoms with Gasteiger partial charge in [-0.15, -0.1) is 0 Å². The Labute approximate surface area is 121 Å². The van der Waals surface area contributed by atoms with Crippen molar-refractivity contribution in [3.05, 3.63) is 34.8 Å². The first-order chi connectivity index (χ1) is 10.1. The summed E-state index contributed by atoms with van der Waals surface area (Å²) in [6.45, 7) is 2.89. The molecule has 2 N–H and O–H groups in total. The number of halogens is 3. The van der Waals surface area contributed by atoms with Gasteiger partial charge in [0.2, 0.25) is 0 Å². The second kappa shape index (κ2) is 5.72. The lowest BCUT2D eigenvalue weighted by Gasteiger charge is -2.17. The third-order valence-electron chi connectivity index (χ3n) is 4.20. The van der Waals surface area contributed by atoms with Crippen molar-refractivity contribution in [3.63, 3.8) is 0 Å². The highest BCUT2D eigenvalue weighted by molar-refractivity contribution is 5.86. The van der Waals surface area contributed by atoms with Crippen LogP contribution in [0.4, 0.5) is 13.2 Å². The molecular formula is C16H19F3N2. The maximum Gasteiger partial charge on any atom is 0.195 e. The highest BCUT2D eigenvalue weighted by Crippen LogP contribution is 2.37. The molecule has 114 valence electrons. The van der Waals surface area contributed by atoms with E-state index in [-0.39, 0.29) is 11.4 Å². The van der Waals surface area contributed by atoms with Gasteiger partial charge in [0.25, 0.3) is 0 Å². The summed E-state index contributed by atoms with van der Waals surface area (Å²) in [5, 5.41) is 3.61. The fourth-order valence-electron chi connectivity index (χ4n) is 3.24. The molecule has 0 spiro atoms. The number of hydrogen-bond acceptors (Lipinski definition) is 1. The summed E-state index contributed by atoms with van der Waals surface area (Å²) in [4.78, 5) is 3.08. The van der Waals surface area contributed by atoms with Crippen molar-refractivity contribution >= 4 is 10.9 Å². The standard InChI is InChI=1S/C16H19F3N2/c1-2-7-20-10-5-3-4-6-11-13(10)14-12(21-11)8-9(17)15(18)16(14)19/h8,10,20-21H,2-7H2,1H3. The predicted octanol–water partition coefficient (Wildman–Crippen LogP) is 4.35. The topological polar surface area (TPSA) is 27.8 Å². The van der Waals surface area contributed by atoms with E-state index in [0.717, 1.165) is 56.0 Å². The van der Waals surface area contributed by atoms with E-state index in [4.69, 9.17) is 0 Å². The van der Waals surface area contributed by atoms with Crippen LogP contribution in [-0.2, 0) is 6.42 Å². The highest BCUT2D eigenvalue weighted by Gasteiger charge is 2.27. The lowest BCUT2D eigenvalue weighted by molar-refractivity contribution is 0.451. The van der Waals surface area contributed by atoms with E-state index in [1.165, 1.54) is 0 Å². The van der Waals surface area contributed by atoms with E-state index in [1.807, 2.05) is 0 Å². The Hall–Kier alpha value is -1.49. The molecule has 1 aliphatic rings. The van der Waals surface area contributed by atoms with E-state index >= 15 is 0 Å². The molecule has 0 saturated heterocycles. The quantitative estimate of drug-likeness (QED) is 0.639. The molecule has 1 unspecified atom stereocenters. The number of aromatic amines is 1. The highest BCUT2D eigenvalue weighted by atomic mass is 19.2. The molecule has 1 aromatic carbocycles. The molecule has 0 radical (unpaired) electrons. The lowest BCUT2D eigenvalue weighted by Crippen LogP contribution is -2.22. The second-order valence-corrected chi connectivity index (χ2v) is 5.68. The number of nitrogens with one attached hydrogen (secondary N) is 2. The SMILES string of the molecule is CCCNC1CCCCc2[nH]c3cc(F)c(F)c(F)c3c21. The van der Waals surface area contributed by atoms with Crippen LogP contribution in [0.15, 0.2) is 6.07 Å². The summed E-state index contributed by atoms with van der Waals surface area (Å²) in [6.07, 6.45) is 4.68. The third kappa shape index (κ3) is 2.44. The van der Waals surface area contributed by atoms with Crippen molar-refractivity contribution in [3.8, 4) is 0 Å². The van der Waals surface area contributed by atoms with Crippen LogP contribution in [0.1, 0.15) is 49.9 Å². The molecule has 0 aliphatic heterocycles. The van der Waals surface area contributed by atoms with Crippen molar-refractivity contribution in [1.29, 1.82) is 0 Å². The molecule has 1 heterocycles. The van der Waals surface area contributed by atoms with E-state index in [9.17, 15) is 13.2 Å². The molecule has 1 aromatic heterocycles. The fraction of sp³-hybridized carbons (Fsp3) is 0.500. The minimum absolute atomic E-state index is 0.00411. The van der Waals surface area contributed by atoms with Gasteiger partial charge in [-0.2, -0.15) is 0 Å². The molecule has 3 rings (SSSR count). The minimum Gasteiger partial charge on any atom is -0.358 e. The van der Waals surface area contributed by atoms with Crippen LogP contribution in [0.25, 0.3) is 10.9 Å². The zero-order valence-electron chi connectivity index (χ0n) is 12.0. The number of aryl methyl sites for hydroxylation is 1. The Kier molecular flexibility index (Phi) is 3.93. The van der Waals surface area contributed by atoms with Crippen LogP contribution in [-0.4, -0.2) is 11.5 Å². The van der Waals surface area contributed by atoms with Gasteiger partial charge in [-0.05, 0) is 32.2 Å². The van der Waals surface area contributed by atoms with E-state index < -0.39 is 17.5 Å². The monoisotopic (exact) mass is 296 g/mol. The predicted molar refractivity (Wildman–Crippen MR) is 76.8 cm³/mol. The average molecular weight is 296 g/mol. The van der Waals surface area contributed by atoms with Crippen molar-refractivity contribution in [1.82, 2.24) is 10.3 Å². The van der Waals surface area contributed by atoms with Gasteiger partial charge in [-0.25, -0.2) is 13.2 Å². The van der Waals surface area contributed by atoms with Gasteiger partial charge in [-0.1, -0.05) is 13.3 Å². The van der Waals surface area contributed by atoms with Crippen molar-refractivity contribution < 1.29 is 13.2 Å². The Morgan fingerprint density at radius 2 is 2.05 bits per heavy atom. The molecule has 21 heavy (non-hydrogen) atoms. The minimum atomic E-state index is -1.39. The van der Waals surface area contributed by atoms with Crippen LogP contribution in [0.3, 0.4) is 0 Å². The second-order valence-electron chi connectivity index (χ2n) is 5.68. The normalized spacial score (nSPS) is 18.8. The summed E-state index contributed by atoms with van der Waals surface area (Å²) in [6, 6.07) is 1.05. The summed E-state index contributed by atoms with van der Waals surface area (Å²) >= 11 is 0. The third-order valence-corrected chi connectivity index (χ3v) is 4.20. The number of hydrogen-bond donors (Lipinski definition) is 2. The molecule has 2 aromatic rings. The fourth-order valence-corrected chi connectivity index (χ4v) is 3.24. The van der Waals surface area contributed by atoms with E-state index in [1.54, 1.807) is 0 Å². The first-order valence-corrected chi connectivity index (χ1v) is 7.54. The molecule has 2 nitrogen and oxygen atoms in total. The van der Waals surface area contributed by atoms with Gasteiger partial charge in [0.05, 0.1) is 5.52 Å². The molecule has 0 saturated carbocycles. The first-order valence-electron chi connectivity index (χ1n) is 7.54. The molecule has 0 fully saturated rings. The summed E-state index contributed by atoms with van der Waals surface area (Å²) in [5.41, 5.74) is 2.04. The Morgan fingerprint density at radius 1 is 1.24 bits per heavy atom. The van der Waals surface area contributed by atoms with E-state index in [2.05, 4.69) is 17.2 Å². The maximum absolute atomic E-state index is 14.2. The van der Waals surface area contributed by atoms with Gasteiger partial charge in [0.15, 0.2) is 17.5 Å². The first kappa shape index (κ1) is 14.4. The molecule has 1 atom stereocenters. The van der Waals surface area contributed by atoms with E-state index in [0.29, 0.717) is 5.52 Å². The zero-order chi connectivity index (χ0) is 15.0. The Bertz CT molecular complexity index is 663. The zero-order valence-corrected chi connectivity index (χ0v) is 12.0. The Morgan fingerprint density at radius 3 is 2.81 bits per heavy atom. The average Bonchev–Trinajstić information content (AvgIpc) is 2.71. The Balaban J connectivity index is 2.19. The van der Waals surface area contributed by atoms with Gasteiger partial charge < -0.3 is 10.3 Å². The van der Waals surface area contributed by atoms with Gasteiger partial charge >= 0.3 is 0 Å². The maximum atomic E-state index is 14.2. The summed E-state index contributed by atoms with van der Waals surface area (Å²) < 4.78 is 41.3.